The van der Waals surface area contributed by atoms with E-state index in [1.165, 1.54) is 0 Å². The molecular weight excluding hydrogens is 966 g/mol. The lowest BCUT2D eigenvalue weighted by molar-refractivity contribution is -0.0144. The first kappa shape index (κ1) is 46.7. The Bertz CT molecular complexity index is 2710. The third-order valence-electron chi connectivity index (χ3n) is 14.3. The number of rotatable bonds is 10. The first-order valence-electron chi connectivity index (χ1n) is 23.9. The fourth-order valence-corrected chi connectivity index (χ4v) is 11.8. The predicted molar refractivity (Wildman–Crippen MR) is 277 cm³/mol. The zero-order valence-electron chi connectivity index (χ0n) is 39.1. The maximum Gasteiger partial charge on any atom is 0.514 e. The van der Waals surface area contributed by atoms with Gasteiger partial charge in [-0.3, -0.25) is 0 Å². The topological polar surface area (TPSA) is 86.9 Å². The number of aromatic amines is 1. The third kappa shape index (κ3) is 10.2. The van der Waals surface area contributed by atoms with E-state index in [-0.39, 0.29) is 12.2 Å². The summed E-state index contributed by atoms with van der Waals surface area (Å²) in [5, 5.41) is 2.17. The fraction of sp³-hybridized carbons (Fsp3) is 0.345. The van der Waals surface area contributed by atoms with Crippen LogP contribution in [0.1, 0.15) is 80.1 Å². The summed E-state index contributed by atoms with van der Waals surface area (Å²) in [6.45, 7) is 13.3. The van der Waals surface area contributed by atoms with Crippen molar-refractivity contribution < 1.29 is 28.5 Å². The Morgan fingerprint density at radius 3 is 1.22 bits per heavy atom. The summed E-state index contributed by atoms with van der Waals surface area (Å²) in [6, 6.07) is 40.9. The third-order valence-corrected chi connectivity index (χ3v) is 15.6. The molecule has 2 saturated carbocycles. The van der Waals surface area contributed by atoms with Crippen molar-refractivity contribution in [2.75, 3.05) is 0 Å². The van der Waals surface area contributed by atoms with E-state index >= 15 is 0 Å². The molecule has 6 unspecified atom stereocenters. The summed E-state index contributed by atoms with van der Waals surface area (Å²) >= 11 is 7.85. The van der Waals surface area contributed by atoms with Crippen molar-refractivity contribution in [1.29, 1.82) is 0 Å². The highest BCUT2D eigenvalue weighted by molar-refractivity contribution is 9.11. The van der Waals surface area contributed by atoms with Gasteiger partial charge in [0.1, 0.15) is 23.7 Å². The van der Waals surface area contributed by atoms with E-state index < -0.39 is 12.3 Å². The Morgan fingerprint density at radius 1 is 0.507 bits per heavy atom. The first-order chi connectivity index (χ1) is 32.3. The van der Waals surface area contributed by atoms with Crippen LogP contribution in [0.15, 0.2) is 130 Å². The van der Waals surface area contributed by atoms with Gasteiger partial charge in [0.2, 0.25) is 0 Å². The minimum absolute atomic E-state index is 0.127. The SMILES string of the molecule is CC1CCC(C(C)C)C(OC(=O)Oc2ccc(-c3ccccc3-c3cc(Br)c4[nH]c5c(Br)cc(-c6ccccc6-c6ccc(OC(=O)OC7CC(C)CCC7C(C)C)cc6)cc5c4c3)cc2)C1. The molecule has 2 aliphatic rings. The van der Waals surface area contributed by atoms with Crippen molar-refractivity contribution >= 4 is 66.0 Å². The van der Waals surface area contributed by atoms with E-state index in [9.17, 15) is 9.59 Å². The molecule has 1 aromatic heterocycles. The lowest BCUT2D eigenvalue weighted by Crippen LogP contribution is -2.36. The number of aromatic nitrogens is 1. The van der Waals surface area contributed by atoms with Crippen LogP contribution in [-0.2, 0) is 9.47 Å². The summed E-state index contributed by atoms with van der Waals surface area (Å²) in [6.07, 6.45) is 4.66. The second kappa shape index (κ2) is 20.1. The molecule has 0 amide bonds. The molecule has 7 aromatic rings. The number of halogens is 2. The van der Waals surface area contributed by atoms with Crippen LogP contribution < -0.4 is 9.47 Å². The van der Waals surface area contributed by atoms with Gasteiger partial charge in [0.25, 0.3) is 0 Å². The maximum atomic E-state index is 13.0. The highest BCUT2D eigenvalue weighted by Gasteiger charge is 2.35. The Kier molecular flexibility index (Phi) is 14.0. The van der Waals surface area contributed by atoms with Crippen LogP contribution >= 0.6 is 31.9 Å². The molecule has 9 heteroatoms. The smallest absolute Gasteiger partial charge is 0.430 e. The minimum atomic E-state index is -0.642. The number of carbonyl (C=O) groups is 2. The fourth-order valence-electron chi connectivity index (χ4n) is 10.7. The van der Waals surface area contributed by atoms with Gasteiger partial charge in [-0.25, -0.2) is 9.59 Å². The van der Waals surface area contributed by atoms with Crippen molar-refractivity contribution in [3.8, 4) is 56.0 Å². The number of nitrogens with one attached hydrogen (secondary N) is 1. The average molecular weight is 1030 g/mol. The second-order valence-corrected chi connectivity index (χ2v) is 21.4. The molecule has 346 valence electrons. The molecule has 1 N–H and O–H groups in total. The van der Waals surface area contributed by atoms with Gasteiger partial charge in [-0.2, -0.15) is 0 Å². The minimum Gasteiger partial charge on any atom is -0.430 e. The number of carbonyl (C=O) groups excluding carboxylic acids is 2. The molecule has 0 bridgehead atoms. The zero-order chi connectivity index (χ0) is 46.9. The Hall–Kier alpha value is -5.38. The van der Waals surface area contributed by atoms with Gasteiger partial charge in [-0.05, 0) is 186 Å². The lowest BCUT2D eigenvalue weighted by atomic mass is 9.75. The molecule has 0 radical (unpaired) electrons. The molecule has 2 fully saturated rings. The molecule has 6 aromatic carbocycles. The number of fused-ring (bicyclic) bond motifs is 3. The van der Waals surface area contributed by atoms with Crippen LogP contribution in [0.2, 0.25) is 0 Å². The molecule has 7 nitrogen and oxygen atoms in total. The molecule has 0 aliphatic heterocycles. The van der Waals surface area contributed by atoms with Crippen LogP contribution in [0.25, 0.3) is 66.3 Å². The van der Waals surface area contributed by atoms with Gasteiger partial charge in [0.15, 0.2) is 0 Å². The lowest BCUT2D eigenvalue weighted by Gasteiger charge is -2.36. The van der Waals surface area contributed by atoms with E-state index in [0.29, 0.717) is 47.0 Å². The van der Waals surface area contributed by atoms with Gasteiger partial charge in [0.05, 0.1) is 11.0 Å². The number of H-pyrrole nitrogens is 1. The van der Waals surface area contributed by atoms with Gasteiger partial charge < -0.3 is 23.9 Å². The normalized spacial score (nSPS) is 20.9. The van der Waals surface area contributed by atoms with Crippen LogP contribution in [0.4, 0.5) is 9.59 Å². The molecule has 6 atom stereocenters. The standard InChI is InChI=1S/C58H59Br2NO6/c1-33(2)43-25-15-35(5)27-53(43)66-57(62)64-41-21-17-37(18-22-41)45-11-7-9-13-47(45)39-29-49-50-30-40(32-52(60)56(50)61-55(49)51(59)31-39)48-14-10-8-12-46(48)38-19-23-42(24-20-38)65-58(63)67-54-28-36(6)16-26-44(54)34(3)4/h7-14,17-24,29-36,43-44,53-54,61H,15-16,25-28H2,1-6H3. The van der Waals surface area contributed by atoms with E-state index in [4.69, 9.17) is 18.9 Å². The van der Waals surface area contributed by atoms with Crippen LogP contribution in [0.3, 0.4) is 0 Å². The summed E-state index contributed by atoms with van der Waals surface area (Å²) < 4.78 is 25.2. The Labute approximate surface area is 411 Å². The largest absolute Gasteiger partial charge is 0.514 e. The summed E-state index contributed by atoms with van der Waals surface area (Å²) in [5.41, 5.74) is 10.4. The number of ether oxygens (including phenoxy) is 4. The summed E-state index contributed by atoms with van der Waals surface area (Å²) in [5.74, 6) is 3.53. The Balaban J connectivity index is 0.961. The summed E-state index contributed by atoms with van der Waals surface area (Å²) in [7, 11) is 0. The van der Waals surface area contributed by atoms with E-state index in [1.807, 2.05) is 60.7 Å². The molecular formula is C58H59Br2NO6. The molecule has 2 aliphatic carbocycles. The average Bonchev–Trinajstić information content (AvgIpc) is 3.69. The second-order valence-electron chi connectivity index (χ2n) is 19.7. The zero-order valence-corrected chi connectivity index (χ0v) is 42.3. The molecule has 0 spiro atoms. The maximum absolute atomic E-state index is 13.0. The quantitative estimate of drug-likeness (QED) is 0.108. The first-order valence-corrected chi connectivity index (χ1v) is 25.5. The predicted octanol–water partition coefficient (Wildman–Crippen LogP) is 17.5. The van der Waals surface area contributed by atoms with Gasteiger partial charge in [-0.1, -0.05) is 127 Å². The monoisotopic (exact) mass is 1020 g/mol. The van der Waals surface area contributed by atoms with Gasteiger partial charge in [-0.15, -0.1) is 0 Å². The van der Waals surface area contributed by atoms with Crippen molar-refractivity contribution in [3.63, 3.8) is 0 Å². The number of hydrogen-bond donors (Lipinski definition) is 1. The van der Waals surface area contributed by atoms with E-state index in [2.05, 4.69) is 139 Å². The van der Waals surface area contributed by atoms with Crippen molar-refractivity contribution in [1.82, 2.24) is 4.98 Å². The van der Waals surface area contributed by atoms with Crippen LogP contribution in [0, 0.1) is 35.5 Å². The highest BCUT2D eigenvalue weighted by atomic mass is 79.9. The van der Waals surface area contributed by atoms with E-state index in [0.717, 1.165) is 114 Å². The van der Waals surface area contributed by atoms with Gasteiger partial charge >= 0.3 is 12.3 Å². The summed E-state index contributed by atoms with van der Waals surface area (Å²) in [4.78, 5) is 29.7. The Morgan fingerprint density at radius 2 is 0.866 bits per heavy atom. The molecule has 67 heavy (non-hydrogen) atoms. The van der Waals surface area contributed by atoms with Gasteiger partial charge in [0, 0.05) is 19.7 Å². The van der Waals surface area contributed by atoms with Crippen LogP contribution in [0.5, 0.6) is 11.5 Å². The molecule has 0 saturated heterocycles. The highest BCUT2D eigenvalue weighted by Crippen LogP contribution is 2.44. The molecule has 1 heterocycles. The van der Waals surface area contributed by atoms with Crippen LogP contribution in [-0.4, -0.2) is 29.5 Å². The number of benzene rings is 6. The molecule has 9 rings (SSSR count). The van der Waals surface area contributed by atoms with Crippen molar-refractivity contribution in [2.45, 2.75) is 92.3 Å². The van der Waals surface area contributed by atoms with Crippen molar-refractivity contribution in [2.24, 2.45) is 35.5 Å². The number of hydrogen-bond acceptors (Lipinski definition) is 6. The van der Waals surface area contributed by atoms with Crippen molar-refractivity contribution in [3.05, 3.63) is 130 Å². The van der Waals surface area contributed by atoms with E-state index in [1.54, 1.807) is 0 Å².